The Morgan fingerprint density at radius 2 is 2.19 bits per heavy atom. The summed E-state index contributed by atoms with van der Waals surface area (Å²) in [5, 5.41) is 10.5. The third kappa shape index (κ3) is 4.16. The number of piperidine rings is 1. The Morgan fingerprint density at radius 3 is 2.81 bits per heavy atom. The van der Waals surface area contributed by atoms with Gasteiger partial charge in [0, 0.05) is 18.9 Å². The van der Waals surface area contributed by atoms with Gasteiger partial charge in [-0.3, -0.25) is 9.48 Å². The molecule has 2 N–H and O–H groups in total. The van der Waals surface area contributed by atoms with Gasteiger partial charge in [-0.15, -0.1) is 12.4 Å². The van der Waals surface area contributed by atoms with E-state index in [1.165, 1.54) is 6.07 Å². The number of rotatable bonds is 6. The van der Waals surface area contributed by atoms with Crippen molar-refractivity contribution in [3.8, 4) is 5.75 Å². The number of nitrogens with zero attached hydrogens (tertiary/aromatic N) is 2. The van der Waals surface area contributed by atoms with Crippen LogP contribution in [0.5, 0.6) is 5.75 Å². The van der Waals surface area contributed by atoms with E-state index in [2.05, 4.69) is 15.7 Å². The molecule has 0 saturated carbocycles. The van der Waals surface area contributed by atoms with Crippen molar-refractivity contribution in [1.29, 1.82) is 0 Å². The quantitative estimate of drug-likeness (QED) is 0.804. The van der Waals surface area contributed by atoms with Gasteiger partial charge >= 0.3 is 0 Å². The molecule has 142 valence electrons. The topological polar surface area (TPSA) is 68.2 Å². The number of ether oxygens (including phenoxy) is 1. The summed E-state index contributed by atoms with van der Waals surface area (Å²) in [6.07, 6.45) is 4.83. The van der Waals surface area contributed by atoms with Crippen molar-refractivity contribution in [2.45, 2.75) is 31.8 Å². The predicted octanol–water partition coefficient (Wildman–Crippen LogP) is 2.24. The van der Waals surface area contributed by atoms with E-state index in [0.29, 0.717) is 25.0 Å². The summed E-state index contributed by atoms with van der Waals surface area (Å²) in [6.45, 7) is 3.99. The first-order chi connectivity index (χ1) is 12.2. The SMILES string of the molecule is CCOc1ccc(CNC(=O)C2(n3cccn3)CCNCC2)cc1F.Cl. The first kappa shape index (κ1) is 20.2. The molecule has 1 fully saturated rings. The largest absolute Gasteiger partial charge is 0.491 e. The number of carbonyl (C=O) groups is 1. The second-order valence-corrected chi connectivity index (χ2v) is 6.11. The first-order valence-corrected chi connectivity index (χ1v) is 8.56. The molecule has 6 nitrogen and oxygen atoms in total. The number of carbonyl (C=O) groups excluding carboxylic acids is 1. The number of benzene rings is 1. The molecular weight excluding hydrogens is 359 g/mol. The summed E-state index contributed by atoms with van der Waals surface area (Å²) in [4.78, 5) is 12.9. The minimum Gasteiger partial charge on any atom is -0.491 e. The van der Waals surface area contributed by atoms with Gasteiger partial charge < -0.3 is 15.4 Å². The van der Waals surface area contributed by atoms with Crippen LogP contribution in [0.4, 0.5) is 4.39 Å². The Balaban J connectivity index is 0.00000243. The highest BCUT2D eigenvalue weighted by Crippen LogP contribution is 2.27. The fourth-order valence-corrected chi connectivity index (χ4v) is 3.20. The molecule has 0 atom stereocenters. The summed E-state index contributed by atoms with van der Waals surface area (Å²) < 4.78 is 20.9. The van der Waals surface area contributed by atoms with Crippen molar-refractivity contribution >= 4 is 18.3 Å². The molecule has 1 aliphatic heterocycles. The highest BCUT2D eigenvalue weighted by atomic mass is 35.5. The molecule has 0 radical (unpaired) electrons. The Labute approximate surface area is 158 Å². The van der Waals surface area contributed by atoms with Crippen molar-refractivity contribution in [3.63, 3.8) is 0 Å². The lowest BCUT2D eigenvalue weighted by molar-refractivity contribution is -0.132. The normalized spacial score (nSPS) is 15.8. The molecule has 3 rings (SSSR count). The van der Waals surface area contributed by atoms with Crippen LogP contribution in [-0.4, -0.2) is 35.4 Å². The standard InChI is InChI=1S/C18H23FN4O2.ClH/c1-2-25-16-5-4-14(12-15(16)19)13-21-17(24)18(6-9-20-10-7-18)23-11-3-8-22-23;/h3-5,8,11-12,20H,2,6-7,9-10,13H2,1H3,(H,21,24);1H. The van der Waals surface area contributed by atoms with E-state index in [-0.39, 0.29) is 30.6 Å². The molecule has 2 aromatic rings. The van der Waals surface area contributed by atoms with Gasteiger partial charge in [-0.25, -0.2) is 4.39 Å². The molecule has 2 heterocycles. The van der Waals surface area contributed by atoms with Crippen LogP contribution in [0.3, 0.4) is 0 Å². The molecule has 0 bridgehead atoms. The summed E-state index contributed by atoms with van der Waals surface area (Å²) in [5.41, 5.74) is -0.00249. The van der Waals surface area contributed by atoms with Gasteiger partial charge in [0.1, 0.15) is 5.54 Å². The van der Waals surface area contributed by atoms with E-state index in [0.717, 1.165) is 13.1 Å². The molecule has 0 spiro atoms. The summed E-state index contributed by atoms with van der Waals surface area (Å²) >= 11 is 0. The van der Waals surface area contributed by atoms with Crippen molar-refractivity contribution in [1.82, 2.24) is 20.4 Å². The van der Waals surface area contributed by atoms with Gasteiger partial charge in [0.25, 0.3) is 0 Å². The lowest BCUT2D eigenvalue weighted by Crippen LogP contribution is -2.54. The molecule has 1 aromatic heterocycles. The van der Waals surface area contributed by atoms with Gasteiger partial charge in [-0.1, -0.05) is 6.07 Å². The van der Waals surface area contributed by atoms with Crippen LogP contribution in [-0.2, 0) is 16.9 Å². The van der Waals surface area contributed by atoms with Crippen LogP contribution in [0.1, 0.15) is 25.3 Å². The predicted molar refractivity (Wildman–Crippen MR) is 99.0 cm³/mol. The highest BCUT2D eigenvalue weighted by molar-refractivity contribution is 5.85. The smallest absolute Gasteiger partial charge is 0.248 e. The second-order valence-electron chi connectivity index (χ2n) is 6.11. The highest BCUT2D eigenvalue weighted by Gasteiger charge is 2.41. The molecule has 0 aliphatic carbocycles. The van der Waals surface area contributed by atoms with Crippen molar-refractivity contribution in [2.75, 3.05) is 19.7 Å². The third-order valence-electron chi connectivity index (χ3n) is 4.55. The molecule has 1 saturated heterocycles. The molecule has 1 amide bonds. The molecule has 8 heteroatoms. The van der Waals surface area contributed by atoms with Gasteiger partial charge in [0.2, 0.25) is 5.91 Å². The first-order valence-electron chi connectivity index (χ1n) is 8.56. The van der Waals surface area contributed by atoms with Crippen LogP contribution in [0.15, 0.2) is 36.7 Å². The zero-order valence-electron chi connectivity index (χ0n) is 14.7. The minimum atomic E-state index is -0.696. The third-order valence-corrected chi connectivity index (χ3v) is 4.55. The van der Waals surface area contributed by atoms with E-state index in [1.54, 1.807) is 29.9 Å². The number of halogens is 2. The Hall–Kier alpha value is -2.12. The van der Waals surface area contributed by atoms with E-state index >= 15 is 0 Å². The van der Waals surface area contributed by atoms with E-state index in [1.807, 2.05) is 12.3 Å². The lowest BCUT2D eigenvalue weighted by atomic mass is 9.87. The van der Waals surface area contributed by atoms with Gasteiger partial charge in [-0.2, -0.15) is 5.10 Å². The average molecular weight is 383 g/mol. The van der Waals surface area contributed by atoms with Gasteiger partial charge in [0.15, 0.2) is 11.6 Å². The van der Waals surface area contributed by atoms with E-state index in [4.69, 9.17) is 4.74 Å². The maximum Gasteiger partial charge on any atom is 0.248 e. The number of nitrogens with one attached hydrogen (secondary N) is 2. The Kier molecular flexibility index (Phi) is 6.99. The van der Waals surface area contributed by atoms with Crippen LogP contribution in [0.2, 0.25) is 0 Å². The maximum absolute atomic E-state index is 14.0. The van der Waals surface area contributed by atoms with Crippen molar-refractivity contribution in [2.24, 2.45) is 0 Å². The average Bonchev–Trinajstić information content (AvgIpc) is 3.17. The molecule has 1 aliphatic rings. The molecular formula is C18H24ClFN4O2. The number of amides is 1. The zero-order chi connectivity index (χ0) is 17.7. The molecule has 26 heavy (non-hydrogen) atoms. The molecule has 1 aromatic carbocycles. The van der Waals surface area contributed by atoms with E-state index in [9.17, 15) is 9.18 Å². The maximum atomic E-state index is 14.0. The Bertz CT molecular complexity index is 718. The van der Waals surface area contributed by atoms with E-state index < -0.39 is 11.4 Å². The lowest BCUT2D eigenvalue weighted by Gasteiger charge is -2.36. The minimum absolute atomic E-state index is 0. The molecule has 0 unspecified atom stereocenters. The summed E-state index contributed by atoms with van der Waals surface area (Å²) in [6, 6.07) is 6.57. The van der Waals surface area contributed by atoms with Crippen LogP contribution in [0.25, 0.3) is 0 Å². The van der Waals surface area contributed by atoms with Crippen molar-refractivity contribution < 1.29 is 13.9 Å². The second kappa shape index (κ2) is 9.00. The summed E-state index contributed by atoms with van der Waals surface area (Å²) in [7, 11) is 0. The van der Waals surface area contributed by atoms with Crippen molar-refractivity contribution in [3.05, 3.63) is 48.0 Å². The van der Waals surface area contributed by atoms with Crippen LogP contribution < -0.4 is 15.4 Å². The summed E-state index contributed by atoms with van der Waals surface area (Å²) in [5.74, 6) is -0.284. The Morgan fingerprint density at radius 1 is 1.42 bits per heavy atom. The number of aromatic nitrogens is 2. The van der Waals surface area contributed by atoms with Crippen LogP contribution >= 0.6 is 12.4 Å². The van der Waals surface area contributed by atoms with Gasteiger partial charge in [-0.05, 0) is 56.6 Å². The fraction of sp³-hybridized carbons (Fsp3) is 0.444. The monoisotopic (exact) mass is 382 g/mol. The fourth-order valence-electron chi connectivity index (χ4n) is 3.20. The zero-order valence-corrected chi connectivity index (χ0v) is 15.5. The van der Waals surface area contributed by atoms with Gasteiger partial charge in [0.05, 0.1) is 6.61 Å². The number of hydrogen-bond donors (Lipinski definition) is 2. The van der Waals surface area contributed by atoms with Crippen LogP contribution in [0, 0.1) is 5.82 Å². The number of hydrogen-bond acceptors (Lipinski definition) is 4.